The van der Waals surface area contributed by atoms with E-state index in [1.807, 2.05) is 0 Å². The minimum Gasteiger partial charge on any atom is -0.497 e. The third-order valence-electron chi connectivity index (χ3n) is 3.09. The Balaban J connectivity index is 0.00000180. The van der Waals surface area contributed by atoms with Gasteiger partial charge in [-0.3, -0.25) is 4.79 Å². The van der Waals surface area contributed by atoms with E-state index in [2.05, 4.69) is 10.6 Å². The molecule has 1 aromatic rings. The lowest BCUT2D eigenvalue weighted by molar-refractivity contribution is 0.0946. The summed E-state index contributed by atoms with van der Waals surface area (Å²) in [7, 11) is 1.46. The number of halogens is 2. The molecule has 0 aromatic heterocycles. The van der Waals surface area contributed by atoms with E-state index in [1.165, 1.54) is 19.2 Å². The van der Waals surface area contributed by atoms with Crippen LogP contribution in [0.5, 0.6) is 5.75 Å². The zero-order valence-electron chi connectivity index (χ0n) is 10.7. The number of ether oxygens (including phenoxy) is 1. The van der Waals surface area contributed by atoms with E-state index in [9.17, 15) is 9.18 Å². The number of nitrogens with one attached hydrogen (secondary N) is 2. The molecule has 4 nitrogen and oxygen atoms in total. The fourth-order valence-electron chi connectivity index (χ4n) is 2.05. The van der Waals surface area contributed by atoms with Crippen molar-refractivity contribution in [1.29, 1.82) is 0 Å². The Morgan fingerprint density at radius 1 is 1.58 bits per heavy atom. The Labute approximate surface area is 118 Å². The standard InChI is InChI=1S/C13H17FN2O2.ClH/c1-18-10-4-5-11(12(14)7-10)13(17)16-8-9-3-2-6-15-9;/h4-5,7,9,15H,2-3,6,8H2,1H3,(H,16,17);1H. The average Bonchev–Trinajstić information content (AvgIpc) is 2.88. The van der Waals surface area contributed by atoms with Crippen molar-refractivity contribution in [2.24, 2.45) is 0 Å². The molecule has 2 N–H and O–H groups in total. The van der Waals surface area contributed by atoms with Gasteiger partial charge in [0.05, 0.1) is 12.7 Å². The van der Waals surface area contributed by atoms with E-state index < -0.39 is 5.82 Å². The first kappa shape index (κ1) is 15.7. The van der Waals surface area contributed by atoms with Crippen LogP contribution >= 0.6 is 12.4 Å². The smallest absolute Gasteiger partial charge is 0.254 e. The molecule has 1 amide bonds. The molecule has 0 saturated carbocycles. The van der Waals surface area contributed by atoms with Gasteiger partial charge in [-0.1, -0.05) is 0 Å². The van der Waals surface area contributed by atoms with E-state index in [0.29, 0.717) is 18.3 Å². The lowest BCUT2D eigenvalue weighted by Gasteiger charge is -2.12. The fourth-order valence-corrected chi connectivity index (χ4v) is 2.05. The van der Waals surface area contributed by atoms with Crippen molar-refractivity contribution >= 4 is 18.3 Å². The van der Waals surface area contributed by atoms with Gasteiger partial charge in [0, 0.05) is 18.7 Å². The molecule has 0 aliphatic carbocycles. The molecular formula is C13H18ClFN2O2. The first-order valence-corrected chi connectivity index (χ1v) is 6.06. The number of carbonyl (C=O) groups excluding carboxylic acids is 1. The van der Waals surface area contributed by atoms with Crippen molar-refractivity contribution < 1.29 is 13.9 Å². The normalized spacial score (nSPS) is 17.7. The number of hydrogen-bond donors (Lipinski definition) is 2. The van der Waals surface area contributed by atoms with E-state index >= 15 is 0 Å². The van der Waals surface area contributed by atoms with Crippen LogP contribution in [0.1, 0.15) is 23.2 Å². The highest BCUT2D eigenvalue weighted by Crippen LogP contribution is 2.16. The second-order valence-electron chi connectivity index (χ2n) is 4.35. The molecule has 1 fully saturated rings. The van der Waals surface area contributed by atoms with Crippen molar-refractivity contribution in [2.45, 2.75) is 18.9 Å². The zero-order chi connectivity index (χ0) is 13.0. The summed E-state index contributed by atoms with van der Waals surface area (Å²) in [6.45, 7) is 1.52. The van der Waals surface area contributed by atoms with E-state index in [4.69, 9.17) is 4.74 Å². The van der Waals surface area contributed by atoms with Gasteiger partial charge in [-0.2, -0.15) is 0 Å². The van der Waals surface area contributed by atoms with Crippen molar-refractivity contribution in [3.8, 4) is 5.75 Å². The van der Waals surface area contributed by atoms with E-state index in [1.54, 1.807) is 6.07 Å². The van der Waals surface area contributed by atoms with Crippen LogP contribution in [0.2, 0.25) is 0 Å². The molecule has 1 aliphatic rings. The van der Waals surface area contributed by atoms with Crippen LogP contribution in [0.15, 0.2) is 18.2 Å². The van der Waals surface area contributed by atoms with Crippen LogP contribution in [0, 0.1) is 5.82 Å². The minimum absolute atomic E-state index is 0. The lowest BCUT2D eigenvalue weighted by atomic mass is 10.1. The van der Waals surface area contributed by atoms with Gasteiger partial charge >= 0.3 is 0 Å². The quantitative estimate of drug-likeness (QED) is 0.887. The van der Waals surface area contributed by atoms with Crippen molar-refractivity contribution in [3.05, 3.63) is 29.6 Å². The molecule has 1 unspecified atom stereocenters. The molecule has 1 aromatic carbocycles. The lowest BCUT2D eigenvalue weighted by Crippen LogP contribution is -2.37. The van der Waals surface area contributed by atoms with Crippen LogP contribution in [0.4, 0.5) is 4.39 Å². The fraction of sp³-hybridized carbons (Fsp3) is 0.462. The molecule has 2 rings (SSSR count). The number of benzene rings is 1. The molecule has 6 heteroatoms. The average molecular weight is 289 g/mol. The van der Waals surface area contributed by atoms with Crippen LogP contribution < -0.4 is 15.4 Å². The summed E-state index contributed by atoms with van der Waals surface area (Å²) in [5, 5.41) is 6.00. The third-order valence-corrected chi connectivity index (χ3v) is 3.09. The van der Waals surface area contributed by atoms with E-state index in [-0.39, 0.29) is 23.9 Å². The predicted molar refractivity (Wildman–Crippen MR) is 73.6 cm³/mol. The molecule has 19 heavy (non-hydrogen) atoms. The van der Waals surface area contributed by atoms with Gasteiger partial charge < -0.3 is 15.4 Å². The number of carbonyl (C=O) groups is 1. The van der Waals surface area contributed by atoms with Gasteiger partial charge in [-0.05, 0) is 31.5 Å². The summed E-state index contributed by atoms with van der Waals surface area (Å²) in [6, 6.07) is 4.52. The predicted octanol–water partition coefficient (Wildman–Crippen LogP) is 1.74. The highest BCUT2D eigenvalue weighted by Gasteiger charge is 2.17. The number of methoxy groups -OCH3 is 1. The first-order chi connectivity index (χ1) is 8.70. The molecule has 1 atom stereocenters. The summed E-state index contributed by atoms with van der Waals surface area (Å²) in [6.07, 6.45) is 2.17. The van der Waals surface area contributed by atoms with Gasteiger partial charge in [-0.25, -0.2) is 4.39 Å². The topological polar surface area (TPSA) is 50.4 Å². The summed E-state index contributed by atoms with van der Waals surface area (Å²) < 4.78 is 18.5. The van der Waals surface area contributed by atoms with Crippen molar-refractivity contribution in [3.63, 3.8) is 0 Å². The highest BCUT2D eigenvalue weighted by molar-refractivity contribution is 5.94. The first-order valence-electron chi connectivity index (χ1n) is 6.06. The van der Waals surface area contributed by atoms with Gasteiger partial charge in [0.25, 0.3) is 5.91 Å². The maximum absolute atomic E-state index is 13.6. The molecule has 106 valence electrons. The Morgan fingerprint density at radius 2 is 2.37 bits per heavy atom. The van der Waals surface area contributed by atoms with E-state index in [0.717, 1.165) is 19.4 Å². The molecule has 0 bridgehead atoms. The molecule has 0 spiro atoms. The summed E-state index contributed by atoms with van der Waals surface area (Å²) >= 11 is 0. The SMILES string of the molecule is COc1ccc(C(=O)NCC2CCCN2)c(F)c1.Cl. The maximum atomic E-state index is 13.6. The second-order valence-corrected chi connectivity index (χ2v) is 4.35. The zero-order valence-corrected chi connectivity index (χ0v) is 11.6. The summed E-state index contributed by atoms with van der Waals surface area (Å²) in [4.78, 5) is 11.8. The monoisotopic (exact) mass is 288 g/mol. The molecule has 1 heterocycles. The van der Waals surface area contributed by atoms with Gasteiger partial charge in [0.2, 0.25) is 0 Å². The van der Waals surface area contributed by atoms with Crippen LogP contribution in [-0.2, 0) is 0 Å². The summed E-state index contributed by atoms with van der Waals surface area (Å²) in [5.41, 5.74) is 0.0498. The van der Waals surface area contributed by atoms with Crippen LogP contribution in [-0.4, -0.2) is 32.1 Å². The van der Waals surface area contributed by atoms with Crippen molar-refractivity contribution in [2.75, 3.05) is 20.2 Å². The number of rotatable bonds is 4. The van der Waals surface area contributed by atoms with Gasteiger partial charge in [0.15, 0.2) is 0 Å². The highest BCUT2D eigenvalue weighted by atomic mass is 35.5. The molecule has 0 radical (unpaired) electrons. The molecule has 1 aliphatic heterocycles. The third kappa shape index (κ3) is 4.08. The van der Waals surface area contributed by atoms with Gasteiger partial charge in [0.1, 0.15) is 11.6 Å². The maximum Gasteiger partial charge on any atom is 0.254 e. The molecule has 1 saturated heterocycles. The van der Waals surface area contributed by atoms with Gasteiger partial charge in [-0.15, -0.1) is 12.4 Å². The number of amides is 1. The van der Waals surface area contributed by atoms with Crippen LogP contribution in [0.25, 0.3) is 0 Å². The second kappa shape index (κ2) is 7.31. The minimum atomic E-state index is -0.564. The van der Waals surface area contributed by atoms with Crippen molar-refractivity contribution in [1.82, 2.24) is 10.6 Å². The Hall–Kier alpha value is -1.33. The van der Waals surface area contributed by atoms with Crippen LogP contribution in [0.3, 0.4) is 0 Å². The molecular weight excluding hydrogens is 271 g/mol. The Kier molecular flexibility index (Phi) is 6.05. The largest absolute Gasteiger partial charge is 0.497 e. The number of hydrogen-bond acceptors (Lipinski definition) is 3. The Bertz CT molecular complexity index is 437. The Morgan fingerprint density at radius 3 is 2.95 bits per heavy atom. The summed E-state index contributed by atoms with van der Waals surface area (Å²) in [5.74, 6) is -0.545.